The molecule has 0 fully saturated rings. The number of Topliss-reactive ketones (excluding diaryl/α,β-unsaturated/α-hetero) is 2. The Balaban J connectivity index is 2.55. The highest BCUT2D eigenvalue weighted by molar-refractivity contribution is 6.20. The summed E-state index contributed by atoms with van der Waals surface area (Å²) in [6, 6.07) is 17.8. The highest BCUT2D eigenvalue weighted by Gasteiger charge is 2.44. The first-order valence-electron chi connectivity index (χ1n) is 7.57. The van der Waals surface area contributed by atoms with Gasteiger partial charge in [-0.25, -0.2) is 0 Å². The van der Waals surface area contributed by atoms with Crippen molar-refractivity contribution in [1.82, 2.24) is 0 Å². The van der Waals surface area contributed by atoms with Gasteiger partial charge in [0.15, 0.2) is 11.6 Å². The smallest absolute Gasteiger partial charge is 0.177 e. The molecule has 0 saturated heterocycles. The van der Waals surface area contributed by atoms with Crippen molar-refractivity contribution in [3.63, 3.8) is 0 Å². The highest BCUT2D eigenvalue weighted by Crippen LogP contribution is 2.36. The first kappa shape index (κ1) is 16.6. The molecule has 0 aliphatic heterocycles. The monoisotopic (exact) mass is 304 g/mol. The quantitative estimate of drug-likeness (QED) is 0.395. The van der Waals surface area contributed by atoms with Gasteiger partial charge in [-0.15, -0.1) is 13.2 Å². The second-order valence-corrected chi connectivity index (χ2v) is 5.46. The summed E-state index contributed by atoms with van der Waals surface area (Å²) in [6.45, 7) is 7.48. The fourth-order valence-electron chi connectivity index (χ4n) is 2.78. The van der Waals surface area contributed by atoms with E-state index in [4.69, 9.17) is 0 Å². The van der Waals surface area contributed by atoms with Gasteiger partial charge in [0.05, 0.1) is 0 Å². The summed E-state index contributed by atoms with van der Waals surface area (Å²) in [5, 5.41) is 0. The third kappa shape index (κ3) is 3.37. The van der Waals surface area contributed by atoms with Crippen LogP contribution < -0.4 is 0 Å². The average molecular weight is 304 g/mol. The maximum absolute atomic E-state index is 13.1. The van der Waals surface area contributed by atoms with Crippen molar-refractivity contribution in [3.8, 4) is 0 Å². The summed E-state index contributed by atoms with van der Waals surface area (Å²) in [4.78, 5) is 26.3. The normalized spacial score (nSPS) is 10.8. The van der Waals surface area contributed by atoms with Crippen molar-refractivity contribution >= 4 is 11.6 Å². The van der Waals surface area contributed by atoms with Gasteiger partial charge in [0.1, 0.15) is 5.41 Å². The Kier molecular flexibility index (Phi) is 5.42. The minimum absolute atomic E-state index is 0.188. The Labute approximate surface area is 137 Å². The van der Waals surface area contributed by atoms with E-state index in [2.05, 4.69) is 13.2 Å². The van der Waals surface area contributed by atoms with Crippen LogP contribution in [0.4, 0.5) is 0 Å². The minimum atomic E-state index is -1.19. The van der Waals surface area contributed by atoms with Crippen LogP contribution in [-0.2, 0) is 0 Å². The summed E-state index contributed by atoms with van der Waals surface area (Å²) in [5.74, 6) is -0.376. The molecule has 0 heterocycles. The van der Waals surface area contributed by atoms with Gasteiger partial charge in [0.2, 0.25) is 0 Å². The van der Waals surface area contributed by atoms with Gasteiger partial charge in [-0.2, -0.15) is 0 Å². The third-order valence-corrected chi connectivity index (χ3v) is 3.93. The number of hydrogen-bond donors (Lipinski definition) is 0. The summed E-state index contributed by atoms with van der Waals surface area (Å²) >= 11 is 0. The van der Waals surface area contributed by atoms with Crippen LogP contribution in [0.15, 0.2) is 86.0 Å². The Morgan fingerprint density at radius 3 is 1.39 bits per heavy atom. The molecule has 0 saturated carbocycles. The summed E-state index contributed by atoms with van der Waals surface area (Å²) in [6.07, 6.45) is 3.82. The zero-order chi connectivity index (χ0) is 16.7. The Bertz CT molecular complexity index is 636. The van der Waals surface area contributed by atoms with Crippen molar-refractivity contribution in [3.05, 3.63) is 97.1 Å². The predicted molar refractivity (Wildman–Crippen MR) is 93.6 cm³/mol. The van der Waals surface area contributed by atoms with E-state index in [9.17, 15) is 9.59 Å². The lowest BCUT2D eigenvalue weighted by molar-refractivity contribution is 0.0667. The molecule has 0 N–H and O–H groups in total. The number of carbonyl (C=O) groups is 2. The molecule has 0 aliphatic carbocycles. The first-order chi connectivity index (χ1) is 11.2. The lowest BCUT2D eigenvalue weighted by Crippen LogP contribution is -2.39. The molecule has 0 atom stereocenters. The molecule has 0 bridgehead atoms. The predicted octanol–water partition coefficient (Wildman–Crippen LogP) is 4.89. The zero-order valence-electron chi connectivity index (χ0n) is 13.1. The van der Waals surface area contributed by atoms with Crippen LogP contribution in [0.25, 0.3) is 0 Å². The van der Waals surface area contributed by atoms with Crippen LogP contribution >= 0.6 is 0 Å². The van der Waals surface area contributed by atoms with E-state index in [0.29, 0.717) is 11.1 Å². The van der Waals surface area contributed by atoms with Crippen LogP contribution in [0.3, 0.4) is 0 Å². The van der Waals surface area contributed by atoms with Crippen LogP contribution in [0.5, 0.6) is 0 Å². The fourth-order valence-corrected chi connectivity index (χ4v) is 2.78. The molecule has 0 aromatic heterocycles. The van der Waals surface area contributed by atoms with Crippen LogP contribution in [0.1, 0.15) is 33.6 Å². The maximum Gasteiger partial charge on any atom is 0.177 e. The van der Waals surface area contributed by atoms with Gasteiger partial charge in [0.25, 0.3) is 0 Å². The van der Waals surface area contributed by atoms with E-state index in [1.54, 1.807) is 60.7 Å². The van der Waals surface area contributed by atoms with Gasteiger partial charge in [-0.1, -0.05) is 72.8 Å². The summed E-state index contributed by atoms with van der Waals surface area (Å²) in [5.41, 5.74) is -0.132. The Morgan fingerprint density at radius 1 is 0.739 bits per heavy atom. The molecule has 2 nitrogen and oxygen atoms in total. The van der Waals surface area contributed by atoms with Crippen molar-refractivity contribution in [2.24, 2.45) is 5.41 Å². The largest absolute Gasteiger partial charge is 0.293 e. The van der Waals surface area contributed by atoms with E-state index in [1.807, 2.05) is 12.1 Å². The maximum atomic E-state index is 13.1. The molecule has 0 spiro atoms. The van der Waals surface area contributed by atoms with Crippen molar-refractivity contribution in [2.45, 2.75) is 12.8 Å². The van der Waals surface area contributed by atoms with Crippen molar-refractivity contribution in [1.29, 1.82) is 0 Å². The van der Waals surface area contributed by atoms with E-state index >= 15 is 0 Å². The van der Waals surface area contributed by atoms with E-state index in [0.717, 1.165) is 0 Å². The number of carbonyl (C=O) groups excluding carboxylic acids is 2. The van der Waals surface area contributed by atoms with E-state index < -0.39 is 5.41 Å². The Hall–Kier alpha value is -2.74. The summed E-state index contributed by atoms with van der Waals surface area (Å²) in [7, 11) is 0. The molecular weight excluding hydrogens is 284 g/mol. The van der Waals surface area contributed by atoms with E-state index in [1.165, 1.54) is 0 Å². The minimum Gasteiger partial charge on any atom is -0.293 e. The van der Waals surface area contributed by atoms with Gasteiger partial charge in [0, 0.05) is 11.1 Å². The van der Waals surface area contributed by atoms with Gasteiger partial charge >= 0.3 is 0 Å². The lowest BCUT2D eigenvalue weighted by atomic mass is 9.70. The molecule has 0 unspecified atom stereocenters. The molecule has 2 aromatic carbocycles. The average Bonchev–Trinajstić information content (AvgIpc) is 2.61. The molecule has 23 heavy (non-hydrogen) atoms. The molecule has 2 rings (SSSR count). The van der Waals surface area contributed by atoms with Crippen molar-refractivity contribution < 1.29 is 9.59 Å². The Morgan fingerprint density at radius 2 is 1.09 bits per heavy atom. The van der Waals surface area contributed by atoms with E-state index in [-0.39, 0.29) is 24.4 Å². The van der Waals surface area contributed by atoms with Gasteiger partial charge in [-0.3, -0.25) is 9.59 Å². The standard InChI is InChI=1S/C21H20O2/c1-3-15-21(16-4-2,19(22)17-11-7-5-8-12-17)20(23)18-13-9-6-10-14-18/h3-14H,1-2,15-16H2. The summed E-state index contributed by atoms with van der Waals surface area (Å²) < 4.78 is 0. The second-order valence-electron chi connectivity index (χ2n) is 5.46. The number of hydrogen-bond acceptors (Lipinski definition) is 2. The number of benzene rings is 2. The van der Waals surface area contributed by atoms with Crippen molar-refractivity contribution in [2.75, 3.05) is 0 Å². The van der Waals surface area contributed by atoms with Crippen LogP contribution in [0.2, 0.25) is 0 Å². The second kappa shape index (κ2) is 7.50. The molecule has 2 heteroatoms. The highest BCUT2D eigenvalue weighted by atomic mass is 16.2. The molecular formula is C21H20O2. The molecule has 0 amide bonds. The molecule has 0 radical (unpaired) electrons. The number of ketones is 2. The van der Waals surface area contributed by atoms with Gasteiger partial charge in [-0.05, 0) is 12.8 Å². The zero-order valence-corrected chi connectivity index (χ0v) is 13.1. The fraction of sp³-hybridized carbons (Fsp3) is 0.143. The number of allylic oxidation sites excluding steroid dienone is 2. The first-order valence-corrected chi connectivity index (χ1v) is 7.57. The number of rotatable bonds is 8. The SMILES string of the molecule is C=CCC(CC=C)(C(=O)c1ccccc1)C(=O)c1ccccc1. The topological polar surface area (TPSA) is 34.1 Å². The van der Waals surface area contributed by atoms with Crippen LogP contribution in [-0.4, -0.2) is 11.6 Å². The lowest BCUT2D eigenvalue weighted by Gasteiger charge is -2.29. The third-order valence-electron chi connectivity index (χ3n) is 3.93. The van der Waals surface area contributed by atoms with Gasteiger partial charge < -0.3 is 0 Å². The molecule has 2 aromatic rings. The molecule has 0 aliphatic rings. The van der Waals surface area contributed by atoms with Crippen LogP contribution in [0, 0.1) is 5.41 Å². The molecule has 116 valence electrons.